The number of ether oxygens (including phenoxy) is 2. The Morgan fingerprint density at radius 1 is 0.975 bits per heavy atom. The number of rotatable bonds is 14. The minimum absolute atomic E-state index is 0.0200. The SMILES string of the molecule is CCC(C(=O)N(CCCOC)CC(=O)N(Cc1cccn1Cc1cccc(OC)c1)C(C)(C)C)c1ccccc1. The lowest BCUT2D eigenvalue weighted by atomic mass is 9.95. The molecule has 3 rings (SSSR count). The van der Waals surface area contributed by atoms with Crippen LogP contribution in [0.15, 0.2) is 72.9 Å². The molecule has 1 atom stereocenters. The third-order valence-electron chi connectivity index (χ3n) is 7.16. The fourth-order valence-electron chi connectivity index (χ4n) is 4.95. The largest absolute Gasteiger partial charge is 0.497 e. The second-order valence-electron chi connectivity index (χ2n) is 11.1. The van der Waals surface area contributed by atoms with Crippen molar-refractivity contribution in [2.75, 3.05) is 33.9 Å². The first-order valence-corrected chi connectivity index (χ1v) is 14.1. The summed E-state index contributed by atoms with van der Waals surface area (Å²) in [5, 5.41) is 0. The molecule has 1 heterocycles. The topological polar surface area (TPSA) is 64.0 Å². The van der Waals surface area contributed by atoms with E-state index >= 15 is 0 Å². The molecule has 0 spiro atoms. The zero-order valence-corrected chi connectivity index (χ0v) is 24.9. The Bertz CT molecular complexity index is 1220. The summed E-state index contributed by atoms with van der Waals surface area (Å²) in [7, 11) is 3.32. The van der Waals surface area contributed by atoms with Gasteiger partial charge in [0.25, 0.3) is 0 Å². The van der Waals surface area contributed by atoms with Crippen LogP contribution < -0.4 is 4.74 Å². The molecule has 7 heteroatoms. The Labute approximate surface area is 239 Å². The van der Waals surface area contributed by atoms with Gasteiger partial charge in [-0.15, -0.1) is 0 Å². The van der Waals surface area contributed by atoms with Crippen molar-refractivity contribution in [2.24, 2.45) is 0 Å². The second kappa shape index (κ2) is 14.7. The minimum atomic E-state index is -0.438. The highest BCUT2D eigenvalue weighted by Gasteiger charge is 2.32. The number of carbonyl (C=O) groups is 2. The number of hydrogen-bond acceptors (Lipinski definition) is 4. The highest BCUT2D eigenvalue weighted by molar-refractivity contribution is 5.88. The average Bonchev–Trinajstić information content (AvgIpc) is 3.38. The fraction of sp³-hybridized carbons (Fsp3) is 0.455. The van der Waals surface area contributed by atoms with Crippen LogP contribution in [0.25, 0.3) is 0 Å². The van der Waals surface area contributed by atoms with Gasteiger partial charge in [0.15, 0.2) is 0 Å². The van der Waals surface area contributed by atoms with Gasteiger partial charge in [0, 0.05) is 44.2 Å². The molecule has 2 aromatic carbocycles. The van der Waals surface area contributed by atoms with E-state index in [9.17, 15) is 9.59 Å². The van der Waals surface area contributed by atoms with Gasteiger partial charge in [-0.1, -0.05) is 49.4 Å². The van der Waals surface area contributed by atoms with Crippen LogP contribution in [0.2, 0.25) is 0 Å². The molecule has 7 nitrogen and oxygen atoms in total. The zero-order chi connectivity index (χ0) is 29.1. The van der Waals surface area contributed by atoms with Crippen LogP contribution in [0.4, 0.5) is 0 Å². The molecule has 1 unspecified atom stereocenters. The molecular weight excluding hydrogens is 502 g/mol. The zero-order valence-electron chi connectivity index (χ0n) is 24.9. The molecule has 2 amide bonds. The Morgan fingerprint density at radius 3 is 2.38 bits per heavy atom. The molecule has 0 saturated carbocycles. The molecule has 1 aromatic heterocycles. The van der Waals surface area contributed by atoms with E-state index in [-0.39, 0.29) is 24.3 Å². The first kappa shape index (κ1) is 31.0. The van der Waals surface area contributed by atoms with Gasteiger partial charge in [0.2, 0.25) is 11.8 Å². The number of benzene rings is 2. The summed E-state index contributed by atoms with van der Waals surface area (Å²) < 4.78 is 12.8. The van der Waals surface area contributed by atoms with Crippen molar-refractivity contribution in [3.05, 3.63) is 89.7 Å². The van der Waals surface area contributed by atoms with E-state index in [0.717, 1.165) is 22.6 Å². The quantitative estimate of drug-likeness (QED) is 0.242. The van der Waals surface area contributed by atoms with Gasteiger partial charge < -0.3 is 23.8 Å². The number of carbonyl (C=O) groups excluding carboxylic acids is 2. The molecule has 0 fully saturated rings. The summed E-state index contributed by atoms with van der Waals surface area (Å²) >= 11 is 0. The maximum absolute atomic E-state index is 13.9. The Hall–Kier alpha value is -3.58. The molecule has 40 heavy (non-hydrogen) atoms. The summed E-state index contributed by atoms with van der Waals surface area (Å²) in [6.45, 7) is 10.3. The maximum atomic E-state index is 13.9. The van der Waals surface area contributed by atoms with Crippen molar-refractivity contribution < 1.29 is 19.1 Å². The van der Waals surface area contributed by atoms with E-state index in [4.69, 9.17) is 9.47 Å². The summed E-state index contributed by atoms with van der Waals surface area (Å²) in [6.07, 6.45) is 3.37. The highest BCUT2D eigenvalue weighted by Crippen LogP contribution is 2.24. The predicted molar refractivity (Wildman–Crippen MR) is 159 cm³/mol. The average molecular weight is 548 g/mol. The molecule has 0 radical (unpaired) electrons. The van der Waals surface area contributed by atoms with Gasteiger partial charge in [0.05, 0.1) is 26.1 Å². The van der Waals surface area contributed by atoms with Gasteiger partial charge in [-0.3, -0.25) is 9.59 Å². The van der Waals surface area contributed by atoms with Gasteiger partial charge in [-0.05, 0) is 69.0 Å². The second-order valence-corrected chi connectivity index (χ2v) is 11.1. The predicted octanol–water partition coefficient (Wildman–Crippen LogP) is 5.73. The van der Waals surface area contributed by atoms with E-state index < -0.39 is 5.54 Å². The smallest absolute Gasteiger partial charge is 0.242 e. The van der Waals surface area contributed by atoms with Crippen molar-refractivity contribution in [3.8, 4) is 5.75 Å². The van der Waals surface area contributed by atoms with E-state index in [1.165, 1.54) is 0 Å². The summed E-state index contributed by atoms with van der Waals surface area (Å²) in [5.41, 5.74) is 2.68. The Balaban J connectivity index is 1.82. The highest BCUT2D eigenvalue weighted by atomic mass is 16.5. The molecular formula is C33H45N3O4. The van der Waals surface area contributed by atoms with Crippen LogP contribution in [-0.4, -0.2) is 65.6 Å². The third-order valence-corrected chi connectivity index (χ3v) is 7.16. The van der Waals surface area contributed by atoms with E-state index in [2.05, 4.69) is 16.7 Å². The summed E-state index contributed by atoms with van der Waals surface area (Å²) in [6, 6.07) is 21.9. The van der Waals surface area contributed by atoms with Crippen LogP contribution >= 0.6 is 0 Å². The number of amides is 2. The monoisotopic (exact) mass is 547 g/mol. The molecule has 0 N–H and O–H groups in total. The van der Waals surface area contributed by atoms with Crippen LogP contribution in [-0.2, 0) is 27.4 Å². The number of nitrogens with zero attached hydrogens (tertiary/aromatic N) is 3. The van der Waals surface area contributed by atoms with E-state index in [1.54, 1.807) is 19.1 Å². The summed E-state index contributed by atoms with van der Waals surface area (Å²) in [5.74, 6) is 0.431. The van der Waals surface area contributed by atoms with Gasteiger partial charge in [0.1, 0.15) is 5.75 Å². The van der Waals surface area contributed by atoms with Gasteiger partial charge in [-0.2, -0.15) is 0 Å². The minimum Gasteiger partial charge on any atom is -0.497 e. The first-order valence-electron chi connectivity index (χ1n) is 14.1. The molecule has 0 aliphatic rings. The molecule has 216 valence electrons. The van der Waals surface area contributed by atoms with Crippen molar-refractivity contribution in [1.29, 1.82) is 0 Å². The standard InChI is InChI=1S/C33H45N3O4/c1-7-30(27-15-9-8-10-16-27)32(38)35(20-13-21-39-5)25-31(37)36(33(2,3)4)24-28-17-12-19-34(28)23-26-14-11-18-29(22-26)40-6/h8-12,14-19,22,30H,7,13,20-21,23-25H2,1-6H3. The molecule has 0 aliphatic carbocycles. The number of hydrogen-bond donors (Lipinski definition) is 0. The van der Waals surface area contributed by atoms with Crippen molar-refractivity contribution in [2.45, 2.75) is 65.1 Å². The molecule has 0 aliphatic heterocycles. The number of aromatic nitrogens is 1. The van der Waals surface area contributed by atoms with Crippen LogP contribution in [0.3, 0.4) is 0 Å². The molecule has 0 bridgehead atoms. The van der Waals surface area contributed by atoms with Crippen molar-refractivity contribution >= 4 is 11.8 Å². The number of methoxy groups -OCH3 is 2. The summed E-state index contributed by atoms with van der Waals surface area (Å²) in [4.78, 5) is 31.3. The molecule has 3 aromatic rings. The maximum Gasteiger partial charge on any atom is 0.242 e. The van der Waals surface area contributed by atoms with Gasteiger partial charge >= 0.3 is 0 Å². The first-order chi connectivity index (χ1) is 19.2. The Kier molecular flexibility index (Phi) is 11.4. The van der Waals surface area contributed by atoms with Crippen LogP contribution in [0.1, 0.15) is 63.3 Å². The lowest BCUT2D eigenvalue weighted by Crippen LogP contribution is -2.51. The van der Waals surface area contributed by atoms with E-state index in [0.29, 0.717) is 39.1 Å². The van der Waals surface area contributed by atoms with Crippen molar-refractivity contribution in [1.82, 2.24) is 14.4 Å². The van der Waals surface area contributed by atoms with E-state index in [1.807, 2.05) is 93.4 Å². The lowest BCUT2D eigenvalue weighted by molar-refractivity contribution is -0.145. The lowest BCUT2D eigenvalue weighted by Gasteiger charge is -2.38. The third kappa shape index (κ3) is 8.46. The normalized spacial score (nSPS) is 12.2. The van der Waals surface area contributed by atoms with Crippen LogP contribution in [0, 0.1) is 0 Å². The Morgan fingerprint density at radius 2 is 1.73 bits per heavy atom. The van der Waals surface area contributed by atoms with Gasteiger partial charge in [-0.25, -0.2) is 0 Å². The van der Waals surface area contributed by atoms with Crippen molar-refractivity contribution in [3.63, 3.8) is 0 Å². The van der Waals surface area contributed by atoms with Crippen LogP contribution in [0.5, 0.6) is 5.75 Å². The molecule has 0 saturated heterocycles. The fourth-order valence-corrected chi connectivity index (χ4v) is 4.95.